The molecule has 0 aliphatic rings. The molecule has 27 heavy (non-hydrogen) atoms. The predicted octanol–water partition coefficient (Wildman–Crippen LogP) is 2.91. The van der Waals surface area contributed by atoms with Crippen molar-refractivity contribution in [2.24, 2.45) is 0 Å². The molecule has 0 fully saturated rings. The van der Waals surface area contributed by atoms with E-state index in [1.165, 1.54) is 0 Å². The van der Waals surface area contributed by atoms with Crippen LogP contribution in [0, 0.1) is 13.8 Å². The van der Waals surface area contributed by atoms with Crippen LogP contribution in [-0.2, 0) is 6.42 Å². The van der Waals surface area contributed by atoms with E-state index in [4.69, 9.17) is 4.52 Å². The zero-order valence-corrected chi connectivity index (χ0v) is 15.2. The summed E-state index contributed by atoms with van der Waals surface area (Å²) in [5.41, 5.74) is 2.49. The molecule has 7 nitrogen and oxygen atoms in total. The van der Waals surface area contributed by atoms with Crippen molar-refractivity contribution >= 4 is 17.5 Å². The number of aryl methyl sites for hydroxylation is 2. The molecule has 2 aromatic carbocycles. The summed E-state index contributed by atoms with van der Waals surface area (Å²) in [5.74, 6) is 0.589. The van der Waals surface area contributed by atoms with Gasteiger partial charge in [0.05, 0.1) is 0 Å². The lowest BCUT2D eigenvalue weighted by Crippen LogP contribution is -2.26. The van der Waals surface area contributed by atoms with E-state index in [-0.39, 0.29) is 11.8 Å². The zero-order chi connectivity index (χ0) is 19.2. The van der Waals surface area contributed by atoms with Crippen molar-refractivity contribution in [1.29, 1.82) is 0 Å². The van der Waals surface area contributed by atoms with Gasteiger partial charge in [-0.25, -0.2) is 0 Å². The largest absolute Gasteiger partial charge is 0.352 e. The zero-order valence-electron chi connectivity index (χ0n) is 15.2. The minimum Gasteiger partial charge on any atom is -0.352 e. The summed E-state index contributed by atoms with van der Waals surface area (Å²) in [7, 11) is 0. The second-order valence-corrected chi connectivity index (χ2v) is 6.09. The molecule has 2 N–H and O–H groups in total. The Labute approximate surface area is 156 Å². The van der Waals surface area contributed by atoms with Gasteiger partial charge < -0.3 is 15.2 Å². The highest BCUT2D eigenvalue weighted by Crippen LogP contribution is 2.18. The molecule has 7 heteroatoms. The van der Waals surface area contributed by atoms with Gasteiger partial charge in [-0.3, -0.25) is 9.59 Å². The molecule has 0 saturated carbocycles. The molecular weight excluding hydrogens is 344 g/mol. The second-order valence-electron chi connectivity index (χ2n) is 6.09. The normalized spacial score (nSPS) is 10.4. The highest BCUT2D eigenvalue weighted by atomic mass is 16.5. The third-order valence-electron chi connectivity index (χ3n) is 3.98. The lowest BCUT2D eigenvalue weighted by molar-refractivity contribution is 0.0952. The minimum absolute atomic E-state index is 0.219. The Morgan fingerprint density at radius 2 is 1.78 bits per heavy atom. The molecule has 0 aliphatic carbocycles. The number of hydrogen-bond acceptors (Lipinski definition) is 5. The van der Waals surface area contributed by atoms with Crippen molar-refractivity contribution in [1.82, 2.24) is 15.5 Å². The maximum Gasteiger partial charge on any atom is 0.255 e. The Hall–Kier alpha value is -3.48. The summed E-state index contributed by atoms with van der Waals surface area (Å²) in [5, 5.41) is 9.37. The second kappa shape index (κ2) is 8.27. The van der Waals surface area contributed by atoms with Gasteiger partial charge in [-0.1, -0.05) is 29.4 Å². The summed E-state index contributed by atoms with van der Waals surface area (Å²) in [4.78, 5) is 28.8. The number of hydrogen-bond donors (Lipinski definition) is 2. The molecule has 3 rings (SSSR count). The smallest absolute Gasteiger partial charge is 0.255 e. The molecule has 138 valence electrons. The SMILES string of the molecule is Cc1noc(CCNC(=O)c2ccc(C)c(NC(=O)c3ccccc3)c2)n1. The molecule has 1 heterocycles. The topological polar surface area (TPSA) is 97.1 Å². The number of nitrogens with one attached hydrogen (secondary N) is 2. The van der Waals surface area contributed by atoms with Gasteiger partial charge in [0.25, 0.3) is 11.8 Å². The Morgan fingerprint density at radius 1 is 1.00 bits per heavy atom. The van der Waals surface area contributed by atoms with Crippen molar-refractivity contribution in [3.8, 4) is 0 Å². The van der Waals surface area contributed by atoms with Crippen molar-refractivity contribution in [2.75, 3.05) is 11.9 Å². The first-order chi connectivity index (χ1) is 13.0. The fourth-order valence-corrected chi connectivity index (χ4v) is 2.51. The highest BCUT2D eigenvalue weighted by molar-refractivity contribution is 6.05. The third kappa shape index (κ3) is 4.78. The van der Waals surface area contributed by atoms with Crippen molar-refractivity contribution in [2.45, 2.75) is 20.3 Å². The van der Waals surface area contributed by atoms with Gasteiger partial charge in [0.15, 0.2) is 5.82 Å². The summed E-state index contributed by atoms with van der Waals surface area (Å²) in [6, 6.07) is 14.1. The van der Waals surface area contributed by atoms with E-state index in [9.17, 15) is 9.59 Å². The van der Waals surface area contributed by atoms with E-state index in [0.29, 0.717) is 41.5 Å². The van der Waals surface area contributed by atoms with Crippen LogP contribution >= 0.6 is 0 Å². The summed E-state index contributed by atoms with van der Waals surface area (Å²) >= 11 is 0. The van der Waals surface area contributed by atoms with Crippen LogP contribution in [0.3, 0.4) is 0 Å². The summed E-state index contributed by atoms with van der Waals surface area (Å²) in [6.45, 7) is 3.99. The van der Waals surface area contributed by atoms with Gasteiger partial charge in [-0.05, 0) is 43.7 Å². The van der Waals surface area contributed by atoms with Crippen LogP contribution in [0.4, 0.5) is 5.69 Å². The molecule has 0 unspecified atom stereocenters. The van der Waals surface area contributed by atoms with Crippen LogP contribution in [0.25, 0.3) is 0 Å². The number of carbonyl (C=O) groups is 2. The van der Waals surface area contributed by atoms with Crippen molar-refractivity contribution in [3.63, 3.8) is 0 Å². The first-order valence-corrected chi connectivity index (χ1v) is 8.57. The summed E-state index contributed by atoms with van der Waals surface area (Å²) in [6.07, 6.45) is 0.454. The predicted molar refractivity (Wildman–Crippen MR) is 101 cm³/mol. The molecular formula is C20H20N4O3. The third-order valence-corrected chi connectivity index (χ3v) is 3.98. The minimum atomic E-state index is -0.235. The Balaban J connectivity index is 1.63. The monoisotopic (exact) mass is 364 g/mol. The fourth-order valence-electron chi connectivity index (χ4n) is 2.51. The number of carbonyl (C=O) groups excluding carboxylic acids is 2. The fraction of sp³-hybridized carbons (Fsp3) is 0.200. The van der Waals surface area contributed by atoms with Crippen LogP contribution in [0.15, 0.2) is 53.1 Å². The molecule has 0 bridgehead atoms. The van der Waals surface area contributed by atoms with Crippen LogP contribution in [0.5, 0.6) is 0 Å². The number of anilines is 1. The first kappa shape index (κ1) is 18.3. The molecule has 3 aromatic rings. The van der Waals surface area contributed by atoms with Crippen LogP contribution < -0.4 is 10.6 Å². The maximum atomic E-state index is 12.4. The number of aromatic nitrogens is 2. The van der Waals surface area contributed by atoms with Gasteiger partial charge in [0.2, 0.25) is 5.89 Å². The van der Waals surface area contributed by atoms with E-state index in [1.54, 1.807) is 49.4 Å². The van der Waals surface area contributed by atoms with E-state index in [1.807, 2.05) is 13.0 Å². The maximum absolute atomic E-state index is 12.4. The van der Waals surface area contributed by atoms with Crippen LogP contribution in [-0.4, -0.2) is 28.5 Å². The van der Waals surface area contributed by atoms with Gasteiger partial charge in [-0.15, -0.1) is 0 Å². The molecule has 1 aromatic heterocycles. The quantitative estimate of drug-likeness (QED) is 0.701. The number of benzene rings is 2. The van der Waals surface area contributed by atoms with E-state index in [0.717, 1.165) is 5.56 Å². The molecule has 0 spiro atoms. The number of amides is 2. The average molecular weight is 364 g/mol. The standard InChI is InChI=1S/C20H20N4O3/c1-13-8-9-16(19(25)21-11-10-18-22-14(2)24-27-18)12-17(13)23-20(26)15-6-4-3-5-7-15/h3-9,12H,10-11H2,1-2H3,(H,21,25)(H,23,26). The highest BCUT2D eigenvalue weighted by Gasteiger charge is 2.12. The molecule has 2 amide bonds. The molecule has 0 atom stereocenters. The first-order valence-electron chi connectivity index (χ1n) is 8.57. The molecule has 0 saturated heterocycles. The van der Waals surface area contributed by atoms with Crippen molar-refractivity contribution in [3.05, 3.63) is 76.9 Å². The van der Waals surface area contributed by atoms with Gasteiger partial charge in [0, 0.05) is 29.8 Å². The molecule has 0 radical (unpaired) electrons. The van der Waals surface area contributed by atoms with Crippen LogP contribution in [0.2, 0.25) is 0 Å². The number of rotatable bonds is 6. The van der Waals surface area contributed by atoms with Gasteiger partial charge in [0.1, 0.15) is 0 Å². The molecule has 0 aliphatic heterocycles. The lowest BCUT2D eigenvalue weighted by atomic mass is 10.1. The van der Waals surface area contributed by atoms with Crippen molar-refractivity contribution < 1.29 is 14.1 Å². The summed E-state index contributed by atoms with van der Waals surface area (Å²) < 4.78 is 5.01. The average Bonchev–Trinajstić information content (AvgIpc) is 3.09. The Bertz CT molecular complexity index is 951. The Morgan fingerprint density at radius 3 is 2.48 bits per heavy atom. The van der Waals surface area contributed by atoms with Gasteiger partial charge in [-0.2, -0.15) is 4.98 Å². The van der Waals surface area contributed by atoms with E-state index in [2.05, 4.69) is 20.8 Å². The number of nitrogens with zero attached hydrogens (tertiary/aromatic N) is 2. The van der Waals surface area contributed by atoms with E-state index < -0.39 is 0 Å². The van der Waals surface area contributed by atoms with Gasteiger partial charge >= 0.3 is 0 Å². The van der Waals surface area contributed by atoms with E-state index >= 15 is 0 Å². The van der Waals surface area contributed by atoms with Crippen LogP contribution in [0.1, 0.15) is 38.0 Å². The lowest BCUT2D eigenvalue weighted by Gasteiger charge is -2.11. The Kier molecular flexibility index (Phi) is 5.61.